The van der Waals surface area contributed by atoms with Gasteiger partial charge in [0.1, 0.15) is 11.6 Å². The molecular formula is C14H20FNO3. The van der Waals surface area contributed by atoms with Crippen molar-refractivity contribution in [2.45, 2.75) is 19.3 Å². The Balaban J connectivity index is 2.47. The van der Waals surface area contributed by atoms with Crippen LogP contribution in [0.25, 0.3) is 0 Å². The van der Waals surface area contributed by atoms with E-state index in [0.29, 0.717) is 0 Å². The molecule has 0 aromatic heterocycles. The Morgan fingerprint density at radius 1 is 1.32 bits per heavy atom. The van der Waals surface area contributed by atoms with Crippen LogP contribution in [0.15, 0.2) is 18.2 Å². The summed E-state index contributed by atoms with van der Waals surface area (Å²) in [5, 5.41) is 18.2. The normalized spacial score (nSPS) is 10.9. The number of ketones is 1. The Morgan fingerprint density at radius 2 is 2.05 bits per heavy atom. The zero-order valence-electron chi connectivity index (χ0n) is 11.1. The first kappa shape index (κ1) is 15.6. The third kappa shape index (κ3) is 5.36. The average molecular weight is 269 g/mol. The van der Waals surface area contributed by atoms with Crippen molar-refractivity contribution in [3.8, 4) is 5.75 Å². The number of hydrogen-bond donors (Lipinski definition) is 2. The van der Waals surface area contributed by atoms with Crippen LogP contribution in [0.4, 0.5) is 4.39 Å². The fourth-order valence-electron chi connectivity index (χ4n) is 1.81. The Labute approximate surface area is 112 Å². The van der Waals surface area contributed by atoms with Crippen molar-refractivity contribution in [1.29, 1.82) is 0 Å². The molecular weight excluding hydrogens is 249 g/mol. The molecule has 0 aliphatic heterocycles. The minimum absolute atomic E-state index is 0.0159. The maximum absolute atomic E-state index is 13.0. The predicted molar refractivity (Wildman–Crippen MR) is 70.8 cm³/mol. The minimum Gasteiger partial charge on any atom is -0.507 e. The number of Topliss-reactive ketones (excluding diaryl/α,β-unsaturated/α-hetero) is 1. The molecule has 1 aromatic carbocycles. The highest BCUT2D eigenvalue weighted by molar-refractivity contribution is 5.99. The molecule has 0 heterocycles. The van der Waals surface area contributed by atoms with Gasteiger partial charge in [0.05, 0.1) is 12.1 Å². The lowest BCUT2D eigenvalue weighted by molar-refractivity contribution is 0.0942. The van der Waals surface area contributed by atoms with Crippen LogP contribution in [0, 0.1) is 5.82 Å². The lowest BCUT2D eigenvalue weighted by Crippen LogP contribution is -2.27. The molecule has 0 saturated carbocycles. The van der Waals surface area contributed by atoms with E-state index in [4.69, 9.17) is 5.11 Å². The van der Waals surface area contributed by atoms with Crippen LogP contribution in [-0.2, 0) is 0 Å². The molecule has 0 aliphatic carbocycles. The van der Waals surface area contributed by atoms with Crippen molar-refractivity contribution in [1.82, 2.24) is 4.90 Å². The molecule has 0 atom stereocenters. The van der Waals surface area contributed by atoms with Gasteiger partial charge in [0.25, 0.3) is 0 Å². The molecule has 0 fully saturated rings. The molecule has 1 aromatic rings. The van der Waals surface area contributed by atoms with Crippen molar-refractivity contribution in [3.63, 3.8) is 0 Å². The zero-order valence-corrected chi connectivity index (χ0v) is 11.1. The lowest BCUT2D eigenvalue weighted by Gasteiger charge is -2.15. The highest BCUT2D eigenvalue weighted by Crippen LogP contribution is 2.18. The molecule has 0 saturated heterocycles. The largest absolute Gasteiger partial charge is 0.507 e. The highest BCUT2D eigenvalue weighted by Gasteiger charge is 2.14. The van der Waals surface area contributed by atoms with E-state index in [2.05, 4.69) is 0 Å². The summed E-state index contributed by atoms with van der Waals surface area (Å²) in [5.74, 6) is -1.03. The number of aliphatic hydroxyl groups excluding tert-OH is 1. The molecule has 0 amide bonds. The number of unbranched alkanes of at least 4 members (excludes halogenated alkanes) is 2. The summed E-state index contributed by atoms with van der Waals surface area (Å²) in [6.45, 7) is 1.04. The van der Waals surface area contributed by atoms with Gasteiger partial charge in [0, 0.05) is 6.61 Å². The number of carbonyl (C=O) groups is 1. The second-order valence-electron chi connectivity index (χ2n) is 4.61. The molecule has 1 rings (SSSR count). The van der Waals surface area contributed by atoms with Crippen LogP contribution in [0.1, 0.15) is 29.6 Å². The van der Waals surface area contributed by atoms with E-state index >= 15 is 0 Å². The maximum Gasteiger partial charge on any atom is 0.180 e. The first-order chi connectivity index (χ1) is 9.04. The van der Waals surface area contributed by atoms with Gasteiger partial charge < -0.3 is 10.2 Å². The second kappa shape index (κ2) is 7.86. The number of rotatable bonds is 8. The van der Waals surface area contributed by atoms with Crippen LogP contribution in [0.3, 0.4) is 0 Å². The Bertz CT molecular complexity index is 423. The molecule has 106 valence electrons. The summed E-state index contributed by atoms with van der Waals surface area (Å²) in [7, 11) is 1.80. The average Bonchev–Trinajstić information content (AvgIpc) is 2.37. The lowest BCUT2D eigenvalue weighted by atomic mass is 10.1. The molecule has 5 heteroatoms. The number of benzene rings is 1. The highest BCUT2D eigenvalue weighted by atomic mass is 19.1. The summed E-state index contributed by atoms with van der Waals surface area (Å²) in [6.07, 6.45) is 2.55. The number of aromatic hydroxyl groups is 1. The number of hydrogen-bond acceptors (Lipinski definition) is 4. The Kier molecular flexibility index (Phi) is 6.45. The van der Waals surface area contributed by atoms with Gasteiger partial charge in [-0.25, -0.2) is 4.39 Å². The Morgan fingerprint density at radius 3 is 2.74 bits per heavy atom. The number of phenols is 1. The molecule has 19 heavy (non-hydrogen) atoms. The smallest absolute Gasteiger partial charge is 0.180 e. The van der Waals surface area contributed by atoms with E-state index in [1.807, 2.05) is 4.90 Å². The van der Waals surface area contributed by atoms with Crippen molar-refractivity contribution >= 4 is 5.78 Å². The minimum atomic E-state index is -0.535. The van der Waals surface area contributed by atoms with Crippen LogP contribution in [0.2, 0.25) is 0 Å². The summed E-state index contributed by atoms with van der Waals surface area (Å²) in [5.41, 5.74) is 0.0159. The summed E-state index contributed by atoms with van der Waals surface area (Å²) in [6, 6.07) is 3.35. The monoisotopic (exact) mass is 269 g/mol. The van der Waals surface area contributed by atoms with Gasteiger partial charge in [-0.3, -0.25) is 9.69 Å². The zero-order chi connectivity index (χ0) is 14.3. The molecule has 0 bridgehead atoms. The predicted octanol–water partition coefficient (Wildman–Crippen LogP) is 1.81. The van der Waals surface area contributed by atoms with Crippen molar-refractivity contribution < 1.29 is 19.4 Å². The first-order valence-electron chi connectivity index (χ1n) is 6.35. The van der Waals surface area contributed by atoms with Crippen LogP contribution in [-0.4, -0.2) is 47.6 Å². The first-order valence-corrected chi connectivity index (χ1v) is 6.35. The summed E-state index contributed by atoms with van der Waals surface area (Å²) >= 11 is 0. The topological polar surface area (TPSA) is 60.8 Å². The molecule has 0 aliphatic rings. The molecule has 0 unspecified atom stereocenters. The van der Waals surface area contributed by atoms with E-state index in [1.54, 1.807) is 7.05 Å². The molecule has 2 N–H and O–H groups in total. The van der Waals surface area contributed by atoms with Gasteiger partial charge >= 0.3 is 0 Å². The molecule has 0 spiro atoms. The second-order valence-corrected chi connectivity index (χ2v) is 4.61. The number of likely N-dealkylation sites (N-methyl/N-ethyl adjacent to an activating group) is 1. The summed E-state index contributed by atoms with van der Waals surface area (Å²) < 4.78 is 13.0. The van der Waals surface area contributed by atoms with Crippen molar-refractivity contribution in [3.05, 3.63) is 29.6 Å². The molecule has 0 radical (unpaired) electrons. The maximum atomic E-state index is 13.0. The fraction of sp³-hybridized carbons (Fsp3) is 0.500. The van der Waals surface area contributed by atoms with Crippen LogP contribution >= 0.6 is 0 Å². The SMILES string of the molecule is CN(CCCCCO)CC(=O)c1cc(F)ccc1O. The third-order valence-electron chi connectivity index (χ3n) is 2.87. The van der Waals surface area contributed by atoms with Gasteiger partial charge in [0.2, 0.25) is 0 Å². The molecule has 4 nitrogen and oxygen atoms in total. The standard InChI is InChI=1S/C14H20FNO3/c1-16(7-3-2-4-8-17)10-14(19)12-9-11(15)5-6-13(12)18/h5-6,9,17-18H,2-4,7-8,10H2,1H3. The number of nitrogens with zero attached hydrogens (tertiary/aromatic N) is 1. The van der Waals surface area contributed by atoms with E-state index < -0.39 is 5.82 Å². The van der Waals surface area contributed by atoms with Crippen molar-refractivity contribution in [2.24, 2.45) is 0 Å². The van der Waals surface area contributed by atoms with Crippen LogP contribution in [0.5, 0.6) is 5.75 Å². The van der Waals surface area contributed by atoms with E-state index in [9.17, 15) is 14.3 Å². The quantitative estimate of drug-likeness (QED) is 0.558. The van der Waals surface area contributed by atoms with Crippen molar-refractivity contribution in [2.75, 3.05) is 26.7 Å². The number of carbonyl (C=O) groups excluding carboxylic acids is 1. The van der Waals surface area contributed by atoms with Gasteiger partial charge in [-0.1, -0.05) is 0 Å². The van der Waals surface area contributed by atoms with E-state index in [0.717, 1.165) is 37.9 Å². The Hall–Kier alpha value is -1.46. The van der Waals surface area contributed by atoms with E-state index in [-0.39, 0.29) is 30.2 Å². The number of phenolic OH excluding ortho intramolecular Hbond substituents is 1. The number of halogens is 1. The van der Waals surface area contributed by atoms with Gasteiger partial charge in [-0.2, -0.15) is 0 Å². The number of aliphatic hydroxyl groups is 1. The third-order valence-corrected chi connectivity index (χ3v) is 2.87. The van der Waals surface area contributed by atoms with Gasteiger partial charge in [0.15, 0.2) is 5.78 Å². The van der Waals surface area contributed by atoms with Crippen LogP contribution < -0.4 is 0 Å². The van der Waals surface area contributed by atoms with Gasteiger partial charge in [-0.05, 0) is 51.1 Å². The summed E-state index contributed by atoms with van der Waals surface area (Å²) in [4.78, 5) is 13.7. The van der Waals surface area contributed by atoms with E-state index in [1.165, 1.54) is 6.07 Å². The van der Waals surface area contributed by atoms with Gasteiger partial charge in [-0.15, -0.1) is 0 Å². The fourth-order valence-corrected chi connectivity index (χ4v) is 1.81.